The second-order valence-corrected chi connectivity index (χ2v) is 2.64. The number of aliphatic hydroxyl groups excluding tert-OH is 1. The van der Waals surface area contributed by atoms with Gasteiger partial charge in [0.2, 0.25) is 0 Å². The summed E-state index contributed by atoms with van der Waals surface area (Å²) in [5.74, 6) is 0.0910. The summed E-state index contributed by atoms with van der Waals surface area (Å²) < 4.78 is 4.80. The fourth-order valence-corrected chi connectivity index (χ4v) is 1.07. The molecule has 6 heteroatoms. The van der Waals surface area contributed by atoms with E-state index in [9.17, 15) is 10.1 Å². The minimum Gasteiger partial charge on any atom is -0.490 e. The number of nitrogen functional groups attached to an aromatic ring is 1. The van der Waals surface area contributed by atoms with Crippen molar-refractivity contribution in [1.82, 2.24) is 0 Å². The Balaban J connectivity index is 3.31. The molecule has 0 heterocycles. The first kappa shape index (κ1) is 10.3. The van der Waals surface area contributed by atoms with E-state index in [-0.39, 0.29) is 23.7 Å². The topological polar surface area (TPSA) is 98.6 Å². The lowest BCUT2D eigenvalue weighted by molar-refractivity contribution is -0.385. The van der Waals surface area contributed by atoms with Gasteiger partial charge in [0.15, 0.2) is 5.75 Å². The Bertz CT molecular complexity index is 365. The smallest absolute Gasteiger partial charge is 0.312 e. The van der Waals surface area contributed by atoms with Crippen molar-refractivity contribution in [1.29, 1.82) is 0 Å². The maximum atomic E-state index is 10.5. The standard InChI is InChI=1S/C8H10N2O4/c1-14-8-2-5(4-11)6(9)3-7(8)10(12)13/h2-3,11H,4,9H2,1H3. The van der Waals surface area contributed by atoms with Crippen molar-refractivity contribution < 1.29 is 14.8 Å². The molecule has 1 aromatic rings. The molecule has 0 radical (unpaired) electrons. The fourth-order valence-electron chi connectivity index (χ4n) is 1.07. The minimum atomic E-state index is -0.587. The molecule has 0 aliphatic carbocycles. The number of rotatable bonds is 3. The van der Waals surface area contributed by atoms with Crippen LogP contribution in [0.2, 0.25) is 0 Å². The van der Waals surface area contributed by atoms with E-state index < -0.39 is 4.92 Å². The van der Waals surface area contributed by atoms with E-state index in [0.717, 1.165) is 0 Å². The first-order valence-electron chi connectivity index (χ1n) is 3.81. The molecule has 0 amide bonds. The average Bonchev–Trinajstić information content (AvgIpc) is 2.17. The van der Waals surface area contributed by atoms with Crippen molar-refractivity contribution in [3.63, 3.8) is 0 Å². The summed E-state index contributed by atoms with van der Waals surface area (Å²) in [5, 5.41) is 19.4. The lowest BCUT2D eigenvalue weighted by Crippen LogP contribution is -2.00. The highest BCUT2D eigenvalue weighted by Gasteiger charge is 2.17. The second-order valence-electron chi connectivity index (χ2n) is 2.64. The number of nitrogens with zero attached hydrogens (tertiary/aromatic N) is 1. The molecule has 0 aromatic heterocycles. The molecule has 0 unspecified atom stereocenters. The van der Waals surface area contributed by atoms with Crippen LogP contribution < -0.4 is 10.5 Å². The fraction of sp³-hybridized carbons (Fsp3) is 0.250. The molecule has 1 aromatic carbocycles. The van der Waals surface area contributed by atoms with E-state index in [1.807, 2.05) is 0 Å². The van der Waals surface area contributed by atoms with E-state index in [1.165, 1.54) is 19.2 Å². The molecule has 6 nitrogen and oxygen atoms in total. The maximum Gasteiger partial charge on any atom is 0.312 e. The molecule has 1 rings (SSSR count). The van der Waals surface area contributed by atoms with Gasteiger partial charge in [-0.15, -0.1) is 0 Å². The SMILES string of the molecule is COc1cc(CO)c(N)cc1[N+](=O)[O-]. The first-order valence-corrected chi connectivity index (χ1v) is 3.81. The van der Waals surface area contributed by atoms with Crippen molar-refractivity contribution in [2.24, 2.45) is 0 Å². The van der Waals surface area contributed by atoms with Crippen molar-refractivity contribution in [3.8, 4) is 5.75 Å². The predicted octanol–water partition coefficient (Wildman–Crippen LogP) is 0.678. The van der Waals surface area contributed by atoms with Crippen LogP contribution in [0.3, 0.4) is 0 Å². The lowest BCUT2D eigenvalue weighted by Gasteiger charge is -2.06. The van der Waals surface area contributed by atoms with Gasteiger partial charge >= 0.3 is 5.69 Å². The lowest BCUT2D eigenvalue weighted by atomic mass is 10.1. The number of anilines is 1. The number of aliphatic hydroxyl groups is 1. The van der Waals surface area contributed by atoms with Gasteiger partial charge < -0.3 is 15.6 Å². The summed E-state index contributed by atoms with van der Waals surface area (Å²) in [5.41, 5.74) is 5.86. The summed E-state index contributed by atoms with van der Waals surface area (Å²) in [4.78, 5) is 9.95. The van der Waals surface area contributed by atoms with E-state index in [4.69, 9.17) is 15.6 Å². The Kier molecular flexibility index (Phi) is 2.88. The Hall–Kier alpha value is -1.82. The highest BCUT2D eigenvalue weighted by atomic mass is 16.6. The molecule has 0 aliphatic rings. The van der Waals surface area contributed by atoms with Crippen LogP contribution in [-0.4, -0.2) is 17.1 Å². The largest absolute Gasteiger partial charge is 0.490 e. The van der Waals surface area contributed by atoms with E-state index >= 15 is 0 Å². The highest BCUT2D eigenvalue weighted by Crippen LogP contribution is 2.31. The zero-order chi connectivity index (χ0) is 10.7. The zero-order valence-corrected chi connectivity index (χ0v) is 7.56. The summed E-state index contributed by atoms with van der Waals surface area (Å²) in [6.45, 7) is -0.278. The third-order valence-corrected chi connectivity index (χ3v) is 1.81. The molecule has 0 bridgehead atoms. The minimum absolute atomic E-state index is 0.0910. The molecule has 0 saturated heterocycles. The number of methoxy groups -OCH3 is 1. The predicted molar refractivity (Wildman–Crippen MR) is 50.0 cm³/mol. The number of ether oxygens (including phenoxy) is 1. The molecule has 76 valence electrons. The summed E-state index contributed by atoms with van der Waals surface area (Å²) in [6, 6.07) is 2.53. The average molecular weight is 198 g/mol. The third kappa shape index (κ3) is 1.74. The van der Waals surface area contributed by atoms with Crippen molar-refractivity contribution in [3.05, 3.63) is 27.8 Å². The summed E-state index contributed by atoms with van der Waals surface area (Å²) in [6.07, 6.45) is 0. The van der Waals surface area contributed by atoms with Gasteiger partial charge in [-0.3, -0.25) is 10.1 Å². The van der Waals surface area contributed by atoms with Crippen LogP contribution in [0.15, 0.2) is 12.1 Å². The normalized spacial score (nSPS) is 9.86. The second kappa shape index (κ2) is 3.93. The van der Waals surface area contributed by atoms with Crippen LogP contribution in [0.5, 0.6) is 5.75 Å². The quantitative estimate of drug-likeness (QED) is 0.422. The number of nitro benzene ring substituents is 1. The highest BCUT2D eigenvalue weighted by molar-refractivity contribution is 5.61. The van der Waals surface area contributed by atoms with Crippen molar-refractivity contribution >= 4 is 11.4 Å². The molecule has 0 atom stereocenters. The Morgan fingerprint density at radius 1 is 1.64 bits per heavy atom. The Labute approximate surface area is 80.1 Å². The number of hydrogen-bond donors (Lipinski definition) is 2. The van der Waals surface area contributed by atoms with Crippen LogP contribution in [-0.2, 0) is 6.61 Å². The number of nitro groups is 1. The van der Waals surface area contributed by atoms with Crippen LogP contribution in [0.4, 0.5) is 11.4 Å². The molecule has 14 heavy (non-hydrogen) atoms. The number of hydrogen-bond acceptors (Lipinski definition) is 5. The van der Waals surface area contributed by atoms with Gasteiger partial charge in [-0.1, -0.05) is 0 Å². The zero-order valence-electron chi connectivity index (χ0n) is 7.56. The number of nitrogens with two attached hydrogens (primary N) is 1. The number of benzene rings is 1. The van der Waals surface area contributed by atoms with E-state index in [0.29, 0.717) is 5.56 Å². The van der Waals surface area contributed by atoms with Crippen LogP contribution in [0, 0.1) is 10.1 Å². The molecule has 0 aliphatic heterocycles. The van der Waals surface area contributed by atoms with Gasteiger partial charge in [-0.05, 0) is 6.07 Å². The van der Waals surface area contributed by atoms with Crippen LogP contribution in [0.1, 0.15) is 5.56 Å². The molecule has 3 N–H and O–H groups in total. The Morgan fingerprint density at radius 2 is 2.29 bits per heavy atom. The molecule has 0 spiro atoms. The van der Waals surface area contributed by atoms with Crippen molar-refractivity contribution in [2.45, 2.75) is 6.61 Å². The monoisotopic (exact) mass is 198 g/mol. The molecule has 0 fully saturated rings. The third-order valence-electron chi connectivity index (χ3n) is 1.81. The molecular formula is C8H10N2O4. The Morgan fingerprint density at radius 3 is 2.71 bits per heavy atom. The summed E-state index contributed by atoms with van der Waals surface area (Å²) >= 11 is 0. The molecular weight excluding hydrogens is 188 g/mol. The van der Waals surface area contributed by atoms with Gasteiger partial charge in [0, 0.05) is 17.3 Å². The van der Waals surface area contributed by atoms with Crippen molar-refractivity contribution in [2.75, 3.05) is 12.8 Å². The van der Waals surface area contributed by atoms with Gasteiger partial charge in [0.05, 0.1) is 18.6 Å². The molecule has 0 saturated carbocycles. The van der Waals surface area contributed by atoms with Crippen LogP contribution in [0.25, 0.3) is 0 Å². The van der Waals surface area contributed by atoms with Gasteiger partial charge in [0.25, 0.3) is 0 Å². The van der Waals surface area contributed by atoms with E-state index in [2.05, 4.69) is 0 Å². The van der Waals surface area contributed by atoms with Gasteiger partial charge in [-0.2, -0.15) is 0 Å². The van der Waals surface area contributed by atoms with Gasteiger partial charge in [-0.25, -0.2) is 0 Å². The van der Waals surface area contributed by atoms with E-state index in [1.54, 1.807) is 0 Å². The van der Waals surface area contributed by atoms with Gasteiger partial charge in [0.1, 0.15) is 0 Å². The summed E-state index contributed by atoms with van der Waals surface area (Å²) in [7, 11) is 1.32. The first-order chi connectivity index (χ1) is 6.60. The maximum absolute atomic E-state index is 10.5. The van der Waals surface area contributed by atoms with Crippen LogP contribution >= 0.6 is 0 Å².